The Balaban J connectivity index is 2.22. The van der Waals surface area contributed by atoms with Gasteiger partial charge in [0.2, 0.25) is 0 Å². The van der Waals surface area contributed by atoms with E-state index in [2.05, 4.69) is 12.6 Å². The van der Waals surface area contributed by atoms with Crippen LogP contribution in [-0.4, -0.2) is 17.8 Å². The van der Waals surface area contributed by atoms with E-state index in [1.165, 1.54) is 0 Å². The molecule has 2 nitrogen and oxygen atoms in total. The zero-order chi connectivity index (χ0) is 6.69. The van der Waals surface area contributed by atoms with Crippen LogP contribution in [0.4, 0.5) is 0 Å². The molecule has 0 spiro atoms. The number of thiol groups is 1. The summed E-state index contributed by atoms with van der Waals surface area (Å²) in [4.78, 5) is 10.5. The minimum Gasteiger partial charge on any atom is -0.462 e. The molecule has 3 heteroatoms. The van der Waals surface area contributed by atoms with Crippen molar-refractivity contribution in [2.24, 2.45) is 0 Å². The Hall–Kier alpha value is -0.180. The van der Waals surface area contributed by atoms with E-state index in [9.17, 15) is 4.79 Å². The predicted molar refractivity (Wildman–Crippen MR) is 37.6 cm³/mol. The fourth-order valence-electron chi connectivity index (χ4n) is 0.930. The van der Waals surface area contributed by atoms with Crippen molar-refractivity contribution in [2.45, 2.75) is 25.4 Å². The van der Waals surface area contributed by atoms with Crippen LogP contribution in [0.1, 0.15) is 19.3 Å². The number of ether oxygens (including phenoxy) is 1. The minimum atomic E-state index is -0.0539. The molecule has 52 valence electrons. The van der Waals surface area contributed by atoms with Crippen molar-refractivity contribution in [3.05, 3.63) is 0 Å². The summed E-state index contributed by atoms with van der Waals surface area (Å²) in [5.41, 5.74) is 0. The second-order valence-electron chi connectivity index (χ2n) is 2.16. The van der Waals surface area contributed by atoms with Crippen molar-refractivity contribution in [1.29, 1.82) is 0 Å². The lowest BCUT2D eigenvalue weighted by atomic mass is 10.2. The number of hydrogen-bond acceptors (Lipinski definition) is 3. The van der Waals surface area contributed by atoms with Gasteiger partial charge >= 0.3 is 5.97 Å². The van der Waals surface area contributed by atoms with Gasteiger partial charge in [-0.05, 0) is 18.6 Å². The monoisotopic (exact) mass is 146 g/mol. The summed E-state index contributed by atoms with van der Waals surface area (Å²) in [6.07, 6.45) is 2.54. The van der Waals surface area contributed by atoms with Crippen LogP contribution in [0.15, 0.2) is 0 Å². The summed E-state index contributed by atoms with van der Waals surface area (Å²) < 4.78 is 4.91. The molecule has 9 heavy (non-hydrogen) atoms. The molecule has 0 aromatic rings. The van der Waals surface area contributed by atoms with Crippen molar-refractivity contribution in [3.8, 4) is 0 Å². The van der Waals surface area contributed by atoms with Gasteiger partial charge in [0, 0.05) is 6.42 Å². The first-order valence-electron chi connectivity index (χ1n) is 3.13. The molecule has 1 unspecified atom stereocenters. The molecular formula is C6H10O2S. The average molecular weight is 146 g/mol. The van der Waals surface area contributed by atoms with E-state index in [0.29, 0.717) is 6.42 Å². The Morgan fingerprint density at radius 2 is 2.56 bits per heavy atom. The van der Waals surface area contributed by atoms with Crippen LogP contribution in [0.25, 0.3) is 0 Å². The van der Waals surface area contributed by atoms with E-state index in [1.807, 2.05) is 0 Å². The van der Waals surface area contributed by atoms with Crippen molar-refractivity contribution in [2.75, 3.05) is 5.75 Å². The lowest BCUT2D eigenvalue weighted by Crippen LogP contribution is -2.06. The molecule has 1 heterocycles. The predicted octanol–water partition coefficient (Wildman–Crippen LogP) is 1.01. The van der Waals surface area contributed by atoms with Crippen LogP contribution in [0, 0.1) is 0 Å². The maximum Gasteiger partial charge on any atom is 0.306 e. The number of hydrogen-bond donors (Lipinski definition) is 1. The van der Waals surface area contributed by atoms with Gasteiger partial charge in [0.15, 0.2) is 0 Å². The van der Waals surface area contributed by atoms with Crippen molar-refractivity contribution in [1.82, 2.24) is 0 Å². The Morgan fingerprint density at radius 1 is 1.78 bits per heavy atom. The third-order valence-electron chi connectivity index (χ3n) is 1.42. The molecule has 0 aromatic carbocycles. The van der Waals surface area contributed by atoms with Gasteiger partial charge in [-0.3, -0.25) is 4.79 Å². The van der Waals surface area contributed by atoms with E-state index in [0.717, 1.165) is 18.6 Å². The summed E-state index contributed by atoms with van der Waals surface area (Å²) >= 11 is 4.03. The van der Waals surface area contributed by atoms with Gasteiger partial charge in [0.05, 0.1) is 0 Å². The van der Waals surface area contributed by atoms with Gasteiger partial charge in [0.1, 0.15) is 6.10 Å². The fraction of sp³-hybridized carbons (Fsp3) is 0.833. The van der Waals surface area contributed by atoms with Crippen LogP contribution >= 0.6 is 12.6 Å². The van der Waals surface area contributed by atoms with Crippen molar-refractivity contribution >= 4 is 18.6 Å². The summed E-state index contributed by atoms with van der Waals surface area (Å²) in [6, 6.07) is 0. The zero-order valence-electron chi connectivity index (χ0n) is 5.17. The van der Waals surface area contributed by atoms with E-state index in [1.54, 1.807) is 0 Å². The standard InChI is InChI=1S/C6H10O2S/c7-6-2-1-5(8-6)3-4-9/h5,9H,1-4H2. The quantitative estimate of drug-likeness (QED) is 0.465. The molecule has 1 fully saturated rings. The van der Waals surface area contributed by atoms with Crippen LogP contribution in [0.3, 0.4) is 0 Å². The van der Waals surface area contributed by atoms with Gasteiger partial charge in [0.25, 0.3) is 0 Å². The Morgan fingerprint density at radius 3 is 3.00 bits per heavy atom. The summed E-state index contributed by atoms with van der Waals surface area (Å²) in [6.45, 7) is 0. The maximum atomic E-state index is 10.5. The highest BCUT2D eigenvalue weighted by atomic mass is 32.1. The molecule has 0 N–H and O–H groups in total. The highest BCUT2D eigenvalue weighted by molar-refractivity contribution is 7.80. The largest absolute Gasteiger partial charge is 0.462 e. The molecule has 1 saturated heterocycles. The lowest BCUT2D eigenvalue weighted by Gasteiger charge is -2.04. The molecule has 0 amide bonds. The van der Waals surface area contributed by atoms with E-state index in [4.69, 9.17) is 4.74 Å². The van der Waals surface area contributed by atoms with E-state index >= 15 is 0 Å². The van der Waals surface area contributed by atoms with E-state index in [-0.39, 0.29) is 12.1 Å². The SMILES string of the molecule is O=C1CCC(CCS)O1. The second-order valence-corrected chi connectivity index (χ2v) is 2.61. The fourth-order valence-corrected chi connectivity index (χ4v) is 1.22. The first-order chi connectivity index (χ1) is 4.33. The highest BCUT2D eigenvalue weighted by Crippen LogP contribution is 2.16. The number of cyclic esters (lactones) is 1. The van der Waals surface area contributed by atoms with Crippen LogP contribution in [-0.2, 0) is 9.53 Å². The average Bonchev–Trinajstić information content (AvgIpc) is 2.17. The molecule has 0 bridgehead atoms. The lowest BCUT2D eigenvalue weighted by molar-refractivity contribution is -0.141. The first-order valence-corrected chi connectivity index (χ1v) is 3.76. The molecule has 0 saturated carbocycles. The number of carbonyl (C=O) groups excluding carboxylic acids is 1. The van der Waals surface area contributed by atoms with E-state index < -0.39 is 0 Å². The normalized spacial score (nSPS) is 26.3. The number of rotatable bonds is 2. The first kappa shape index (κ1) is 6.93. The molecule has 0 aromatic heterocycles. The van der Waals surface area contributed by atoms with Crippen LogP contribution < -0.4 is 0 Å². The van der Waals surface area contributed by atoms with Crippen LogP contribution in [0.2, 0.25) is 0 Å². The Bertz CT molecular complexity index is 114. The van der Waals surface area contributed by atoms with Gasteiger partial charge in [-0.2, -0.15) is 12.6 Å². The molecule has 1 atom stereocenters. The minimum absolute atomic E-state index is 0.0539. The molecule has 1 rings (SSSR count). The second kappa shape index (κ2) is 3.11. The van der Waals surface area contributed by atoms with Gasteiger partial charge in [-0.25, -0.2) is 0 Å². The van der Waals surface area contributed by atoms with Gasteiger partial charge < -0.3 is 4.74 Å². The molecular weight excluding hydrogens is 136 g/mol. The van der Waals surface area contributed by atoms with Gasteiger partial charge in [-0.15, -0.1) is 0 Å². The van der Waals surface area contributed by atoms with Crippen molar-refractivity contribution < 1.29 is 9.53 Å². The van der Waals surface area contributed by atoms with Crippen molar-refractivity contribution in [3.63, 3.8) is 0 Å². The molecule has 1 aliphatic heterocycles. The molecule has 0 radical (unpaired) electrons. The molecule has 0 aliphatic carbocycles. The topological polar surface area (TPSA) is 26.3 Å². The number of esters is 1. The van der Waals surface area contributed by atoms with Gasteiger partial charge in [-0.1, -0.05) is 0 Å². The Labute approximate surface area is 60.0 Å². The smallest absolute Gasteiger partial charge is 0.306 e. The van der Waals surface area contributed by atoms with Crippen LogP contribution in [0.5, 0.6) is 0 Å². The third-order valence-corrected chi connectivity index (χ3v) is 1.68. The highest BCUT2D eigenvalue weighted by Gasteiger charge is 2.21. The maximum absolute atomic E-state index is 10.5. The summed E-state index contributed by atoms with van der Waals surface area (Å²) in [5, 5.41) is 0. The molecule has 1 aliphatic rings. The zero-order valence-corrected chi connectivity index (χ0v) is 6.06. The third kappa shape index (κ3) is 1.90. The summed E-state index contributed by atoms with van der Waals surface area (Å²) in [5.74, 6) is 0.750. The number of carbonyl (C=O) groups is 1. The Kier molecular flexibility index (Phi) is 2.39. The summed E-state index contributed by atoms with van der Waals surface area (Å²) in [7, 11) is 0.